The van der Waals surface area contributed by atoms with Crippen LogP contribution in [0.4, 0.5) is 4.39 Å². The number of carbonyl (C=O) groups excluding carboxylic acids is 2. The van der Waals surface area contributed by atoms with Crippen molar-refractivity contribution in [3.8, 4) is 17.8 Å². The zero-order valence-electron chi connectivity index (χ0n) is 20.5. The van der Waals surface area contributed by atoms with Crippen LogP contribution in [-0.2, 0) is 19.4 Å². The van der Waals surface area contributed by atoms with Gasteiger partial charge in [-0.1, -0.05) is 6.07 Å². The van der Waals surface area contributed by atoms with Gasteiger partial charge in [-0.25, -0.2) is 4.39 Å². The lowest BCUT2D eigenvalue weighted by Gasteiger charge is -2.42. The molecule has 1 atom stereocenters. The lowest BCUT2D eigenvalue weighted by atomic mass is 9.82. The Labute approximate surface area is 230 Å². The molecule has 0 spiro atoms. The number of rotatable bonds is 6. The minimum absolute atomic E-state index is 0.123. The molecule has 14 heteroatoms. The van der Waals surface area contributed by atoms with Gasteiger partial charge in [-0.3, -0.25) is 14.5 Å². The van der Waals surface area contributed by atoms with Gasteiger partial charge in [0, 0.05) is 40.1 Å². The maximum Gasteiger partial charge on any atom is 0.292 e. The first-order valence-corrected chi connectivity index (χ1v) is 12.6. The van der Waals surface area contributed by atoms with E-state index < -0.39 is 17.6 Å². The first-order valence-electron chi connectivity index (χ1n) is 11.8. The summed E-state index contributed by atoms with van der Waals surface area (Å²) in [5, 5.41) is 15.4. The highest BCUT2D eigenvalue weighted by molar-refractivity contribution is 7.95. The van der Waals surface area contributed by atoms with E-state index in [0.29, 0.717) is 30.8 Å². The summed E-state index contributed by atoms with van der Waals surface area (Å²) >= 11 is 0.924. The van der Waals surface area contributed by atoms with Crippen molar-refractivity contribution in [2.45, 2.75) is 30.3 Å². The number of benzene rings is 3. The number of azide groups is 2. The minimum atomic E-state index is -0.960. The second-order valence-corrected chi connectivity index (χ2v) is 9.72. The van der Waals surface area contributed by atoms with Crippen molar-refractivity contribution < 1.29 is 22.9 Å². The summed E-state index contributed by atoms with van der Waals surface area (Å²) in [7, 11) is 0. The van der Waals surface area contributed by atoms with Crippen molar-refractivity contribution in [2.24, 2.45) is 10.2 Å². The first kappa shape index (κ1) is 26.6. The Hall–Kier alpha value is -5.05. The number of carbonyl (C=O) groups is 2. The van der Waals surface area contributed by atoms with E-state index >= 15 is 0 Å². The maximum absolute atomic E-state index is 13.6. The summed E-state index contributed by atoms with van der Waals surface area (Å²) in [4.78, 5) is 32.8. The maximum atomic E-state index is 13.6. The molecule has 0 radical (unpaired) electrons. The van der Waals surface area contributed by atoms with Gasteiger partial charge < -0.3 is 8.92 Å². The Morgan fingerprint density at radius 3 is 2.45 bits per heavy atom. The van der Waals surface area contributed by atoms with Crippen LogP contribution in [0.1, 0.15) is 49.0 Å². The molecule has 0 saturated carbocycles. The monoisotopic (exact) mass is 556 g/mol. The van der Waals surface area contributed by atoms with Crippen molar-refractivity contribution in [1.82, 2.24) is 4.90 Å². The van der Waals surface area contributed by atoms with Gasteiger partial charge in [-0.05, 0) is 98.9 Å². The second-order valence-electron chi connectivity index (χ2n) is 8.91. The Bertz CT molecular complexity index is 1690. The summed E-state index contributed by atoms with van der Waals surface area (Å²) in [5.41, 5.74) is 20.6. The zero-order valence-corrected chi connectivity index (χ0v) is 21.3. The number of ether oxygens (including phenoxy) is 1. The fourth-order valence-corrected chi connectivity index (χ4v) is 5.60. The molecule has 0 bridgehead atoms. The number of nitriles is 1. The molecule has 2 aliphatic heterocycles. The smallest absolute Gasteiger partial charge is 0.292 e. The molecule has 2 amide bonds. The molecule has 0 fully saturated rings. The molecule has 0 N–H and O–H groups in total. The Kier molecular flexibility index (Phi) is 7.54. The molecule has 3 aromatic carbocycles. The Balaban J connectivity index is 1.51. The third-order valence-corrected chi connectivity index (χ3v) is 7.42. The molecule has 40 heavy (non-hydrogen) atoms. The van der Waals surface area contributed by atoms with Gasteiger partial charge in [-0.2, -0.15) is 0 Å². The van der Waals surface area contributed by atoms with Crippen molar-refractivity contribution in [2.75, 3.05) is 6.54 Å². The van der Waals surface area contributed by atoms with Gasteiger partial charge >= 0.3 is 0 Å². The third-order valence-electron chi connectivity index (χ3n) is 6.71. The summed E-state index contributed by atoms with van der Waals surface area (Å²) in [6.07, 6.45) is 2.72. The fourth-order valence-electron chi connectivity index (χ4n) is 4.99. The Morgan fingerprint density at radius 2 is 1.75 bits per heavy atom. The normalized spacial score (nSPS) is 15.2. The van der Waals surface area contributed by atoms with Crippen LogP contribution in [0.5, 0.6) is 11.5 Å². The van der Waals surface area contributed by atoms with Gasteiger partial charge in [-0.15, -0.1) is 5.26 Å². The molecule has 0 aromatic heterocycles. The van der Waals surface area contributed by atoms with Gasteiger partial charge in [0.2, 0.25) is 11.8 Å². The molecular weight excluding hydrogens is 539 g/mol. The molecule has 2 aliphatic rings. The van der Waals surface area contributed by atoms with Gasteiger partial charge in [0.05, 0.1) is 16.9 Å². The molecule has 12 nitrogen and oxygen atoms in total. The number of nitrogens with zero attached hydrogens (tertiary/aromatic N) is 8. The molecule has 198 valence electrons. The fraction of sp³-hybridized carbons (Fsp3) is 0.192. The van der Waals surface area contributed by atoms with Crippen molar-refractivity contribution in [3.05, 3.63) is 109 Å². The van der Waals surface area contributed by atoms with E-state index in [1.165, 1.54) is 24.3 Å². The van der Waals surface area contributed by atoms with E-state index in [1.54, 1.807) is 30.5 Å². The van der Waals surface area contributed by atoms with E-state index in [9.17, 15) is 14.0 Å². The topological polar surface area (TPSA) is 177 Å². The minimum Gasteiger partial charge on any atom is -0.417 e. The quantitative estimate of drug-likeness (QED) is 0.112. The predicted octanol–water partition coefficient (Wildman–Crippen LogP) is 6.33. The van der Waals surface area contributed by atoms with Crippen molar-refractivity contribution in [3.63, 3.8) is 0 Å². The summed E-state index contributed by atoms with van der Waals surface area (Å²) in [6, 6.07) is 12.3. The number of hydrogen-bond donors (Lipinski definition) is 0. The lowest BCUT2D eigenvalue weighted by Crippen LogP contribution is -2.39. The summed E-state index contributed by atoms with van der Waals surface area (Å²) in [6.45, 7) is 1.15. The molecule has 3 aromatic rings. The van der Waals surface area contributed by atoms with Crippen LogP contribution in [0.2, 0.25) is 0 Å². The van der Waals surface area contributed by atoms with Crippen LogP contribution in [-0.4, -0.2) is 23.3 Å². The van der Waals surface area contributed by atoms with Gasteiger partial charge in [0.15, 0.2) is 11.5 Å². The zero-order chi connectivity index (χ0) is 28.2. The molecular formula is C26H17FN8O4S. The van der Waals surface area contributed by atoms with Crippen molar-refractivity contribution >= 4 is 23.9 Å². The standard InChI is InChI=1S/C26H17FN8O4S/c27-17-2-1-3-18(10-17)40-39-24-8-15-7-22-19-11-21(26(37)32-34-30)20(25(36)31-33-29)6-14(19)4-5-35(22)12-16(15)9-23(24)38-13-28/h1-3,6,8-11,22H,4-5,7,12H2. The number of hydrogen-bond acceptors (Lipinski definition) is 7. The first-order chi connectivity index (χ1) is 19.4. The van der Waals surface area contributed by atoms with Crippen LogP contribution in [0, 0.1) is 17.3 Å². The van der Waals surface area contributed by atoms with Crippen LogP contribution >= 0.6 is 12.0 Å². The number of amides is 2. The van der Waals surface area contributed by atoms with Crippen molar-refractivity contribution in [1.29, 1.82) is 5.26 Å². The average Bonchev–Trinajstić information content (AvgIpc) is 2.94. The lowest BCUT2D eigenvalue weighted by molar-refractivity contribution is 0.0966. The molecule has 0 aliphatic carbocycles. The van der Waals surface area contributed by atoms with Crippen LogP contribution in [0.15, 0.2) is 63.7 Å². The summed E-state index contributed by atoms with van der Waals surface area (Å²) in [5.74, 6) is -1.80. The van der Waals surface area contributed by atoms with Gasteiger partial charge in [0.25, 0.3) is 6.26 Å². The summed E-state index contributed by atoms with van der Waals surface area (Å²) < 4.78 is 24.6. The highest BCUT2D eigenvalue weighted by Gasteiger charge is 2.34. The highest BCUT2D eigenvalue weighted by Crippen LogP contribution is 2.43. The second kappa shape index (κ2) is 11.4. The van der Waals surface area contributed by atoms with E-state index in [2.05, 4.69) is 25.0 Å². The SMILES string of the molecule is N#COc1cc2c(cc1OSc1cccc(F)c1)CC1c3cc(C(=O)N=[N+]=[N-])c(C(=O)N=[N+]=[N-])cc3CCN1C2. The predicted molar refractivity (Wildman–Crippen MR) is 140 cm³/mol. The van der Waals surface area contributed by atoms with E-state index in [0.717, 1.165) is 34.3 Å². The third kappa shape index (κ3) is 5.26. The molecule has 5 rings (SSSR count). The molecule has 2 heterocycles. The van der Waals surface area contributed by atoms with Crippen LogP contribution in [0.25, 0.3) is 20.9 Å². The highest BCUT2D eigenvalue weighted by atomic mass is 32.2. The van der Waals surface area contributed by atoms with E-state index in [1.807, 2.05) is 0 Å². The van der Waals surface area contributed by atoms with E-state index in [4.69, 9.17) is 25.2 Å². The van der Waals surface area contributed by atoms with Crippen LogP contribution in [0.3, 0.4) is 0 Å². The number of halogens is 1. The average molecular weight is 557 g/mol. The van der Waals surface area contributed by atoms with Gasteiger partial charge in [0.1, 0.15) is 5.82 Å². The molecule has 1 unspecified atom stereocenters. The van der Waals surface area contributed by atoms with Crippen LogP contribution < -0.4 is 8.92 Å². The number of fused-ring (bicyclic) bond motifs is 4. The largest absolute Gasteiger partial charge is 0.417 e. The Morgan fingerprint density at radius 1 is 1.02 bits per heavy atom. The van der Waals surface area contributed by atoms with E-state index in [-0.39, 0.29) is 28.7 Å². The molecule has 0 saturated heterocycles.